The molecule has 1 aromatic carbocycles. The van der Waals surface area contributed by atoms with Gasteiger partial charge in [0.25, 0.3) is 0 Å². The van der Waals surface area contributed by atoms with Crippen molar-refractivity contribution in [2.75, 3.05) is 0 Å². The first kappa shape index (κ1) is 14.4. The number of alkyl halides is 1. The Bertz CT molecular complexity index is 636. The van der Waals surface area contributed by atoms with Gasteiger partial charge >= 0.3 is 0 Å². The fourth-order valence-corrected chi connectivity index (χ4v) is 2.14. The Balaban J connectivity index is 2.44. The predicted molar refractivity (Wildman–Crippen MR) is 83.3 cm³/mol. The van der Waals surface area contributed by atoms with Crippen LogP contribution in [0.2, 0.25) is 0 Å². The Morgan fingerprint density at radius 2 is 1.90 bits per heavy atom. The van der Waals surface area contributed by atoms with E-state index in [2.05, 4.69) is 11.1 Å². The topological polar surface area (TPSA) is 12.9 Å². The van der Waals surface area contributed by atoms with Gasteiger partial charge in [0.1, 0.15) is 5.67 Å². The minimum Gasteiger partial charge on any atom is -0.256 e. The zero-order valence-electron chi connectivity index (χ0n) is 12.4. The van der Waals surface area contributed by atoms with E-state index in [-0.39, 0.29) is 0 Å². The van der Waals surface area contributed by atoms with Crippen molar-refractivity contribution in [1.82, 2.24) is 4.98 Å². The number of rotatable bonds is 3. The first-order valence-electron chi connectivity index (χ1n) is 6.81. The molecule has 0 saturated carbocycles. The largest absolute Gasteiger partial charge is 0.256 e. The number of halogens is 1. The summed E-state index contributed by atoms with van der Waals surface area (Å²) < 4.78 is 14.0. The van der Waals surface area contributed by atoms with Crippen LogP contribution in [-0.4, -0.2) is 4.98 Å². The maximum Gasteiger partial charge on any atom is 0.130 e. The molecule has 0 aliphatic carbocycles. The van der Waals surface area contributed by atoms with Crippen molar-refractivity contribution in [1.29, 1.82) is 0 Å². The van der Waals surface area contributed by atoms with Crippen LogP contribution in [0.3, 0.4) is 0 Å². The molecule has 0 saturated heterocycles. The summed E-state index contributed by atoms with van der Waals surface area (Å²) in [7, 11) is 0. The fourth-order valence-electron chi connectivity index (χ4n) is 2.14. The van der Waals surface area contributed by atoms with Crippen LogP contribution in [0.4, 0.5) is 4.39 Å². The molecule has 0 fully saturated rings. The SMILES string of the molecule is C/C=C\c1ncc(-c2cccc(C(C)(C)F)c2)cc1C. The Hall–Kier alpha value is -1.96. The lowest BCUT2D eigenvalue weighted by Gasteiger charge is -2.16. The second-order valence-corrected chi connectivity index (χ2v) is 5.48. The summed E-state index contributed by atoms with van der Waals surface area (Å²) in [5, 5.41) is 0. The van der Waals surface area contributed by atoms with Crippen LogP contribution in [0.15, 0.2) is 42.6 Å². The fraction of sp³-hybridized carbons (Fsp3) is 0.278. The van der Waals surface area contributed by atoms with E-state index in [1.165, 1.54) is 0 Å². The summed E-state index contributed by atoms with van der Waals surface area (Å²) >= 11 is 0. The summed E-state index contributed by atoms with van der Waals surface area (Å²) in [6, 6.07) is 9.68. The zero-order chi connectivity index (χ0) is 14.8. The second-order valence-electron chi connectivity index (χ2n) is 5.48. The third-order valence-electron chi connectivity index (χ3n) is 3.33. The molecule has 0 radical (unpaired) electrons. The average molecular weight is 269 g/mol. The van der Waals surface area contributed by atoms with Crippen LogP contribution in [0.25, 0.3) is 17.2 Å². The molecule has 1 heterocycles. The second kappa shape index (κ2) is 5.58. The number of benzene rings is 1. The van der Waals surface area contributed by atoms with Gasteiger partial charge in [0.05, 0.1) is 5.69 Å². The number of nitrogens with zero attached hydrogens (tertiary/aromatic N) is 1. The van der Waals surface area contributed by atoms with E-state index in [1.54, 1.807) is 13.8 Å². The Morgan fingerprint density at radius 3 is 2.50 bits per heavy atom. The summed E-state index contributed by atoms with van der Waals surface area (Å²) in [5.41, 5.74) is 3.45. The molecule has 0 aliphatic heterocycles. The first-order valence-corrected chi connectivity index (χ1v) is 6.81. The van der Waals surface area contributed by atoms with Crippen molar-refractivity contribution < 1.29 is 4.39 Å². The van der Waals surface area contributed by atoms with Gasteiger partial charge in [-0.2, -0.15) is 0 Å². The minimum atomic E-state index is -1.33. The van der Waals surface area contributed by atoms with Gasteiger partial charge in [0, 0.05) is 11.8 Å². The van der Waals surface area contributed by atoms with Gasteiger partial charge in [0.2, 0.25) is 0 Å². The molecule has 0 bridgehead atoms. The van der Waals surface area contributed by atoms with Gasteiger partial charge < -0.3 is 0 Å². The van der Waals surface area contributed by atoms with E-state index in [0.29, 0.717) is 5.56 Å². The molecule has 20 heavy (non-hydrogen) atoms. The van der Waals surface area contributed by atoms with Gasteiger partial charge in [-0.3, -0.25) is 4.98 Å². The predicted octanol–water partition coefficient (Wildman–Crippen LogP) is 5.29. The standard InChI is InChI=1S/C18H20FN/c1-5-7-17-13(2)10-15(12-20-17)14-8-6-9-16(11-14)18(3,4)19/h5-12H,1-4H3/b7-5-. The van der Waals surface area contributed by atoms with Crippen molar-refractivity contribution >= 4 is 6.08 Å². The van der Waals surface area contributed by atoms with Crippen molar-refractivity contribution in [3.05, 3.63) is 59.4 Å². The van der Waals surface area contributed by atoms with Gasteiger partial charge in [-0.1, -0.05) is 24.3 Å². The molecule has 2 rings (SSSR count). The molecular formula is C18H20FN. The highest BCUT2D eigenvalue weighted by molar-refractivity contribution is 5.66. The van der Waals surface area contributed by atoms with Gasteiger partial charge in [-0.05, 0) is 62.6 Å². The Labute approximate surface area is 120 Å². The number of aromatic nitrogens is 1. The molecule has 0 unspecified atom stereocenters. The van der Waals surface area contributed by atoms with Crippen LogP contribution >= 0.6 is 0 Å². The molecule has 2 heteroatoms. The number of pyridine rings is 1. The number of allylic oxidation sites excluding steroid dienone is 1. The smallest absolute Gasteiger partial charge is 0.130 e. The van der Waals surface area contributed by atoms with E-state index in [0.717, 1.165) is 22.4 Å². The number of hydrogen-bond donors (Lipinski definition) is 0. The monoisotopic (exact) mass is 269 g/mol. The summed E-state index contributed by atoms with van der Waals surface area (Å²) in [4.78, 5) is 4.46. The Morgan fingerprint density at radius 1 is 1.15 bits per heavy atom. The van der Waals surface area contributed by atoms with E-state index >= 15 is 0 Å². The maximum absolute atomic E-state index is 14.0. The van der Waals surface area contributed by atoms with Gasteiger partial charge in [-0.25, -0.2) is 4.39 Å². The van der Waals surface area contributed by atoms with Crippen molar-refractivity contribution in [3.63, 3.8) is 0 Å². The molecule has 0 amide bonds. The molecule has 0 spiro atoms. The third-order valence-corrected chi connectivity index (χ3v) is 3.33. The molecular weight excluding hydrogens is 249 g/mol. The highest BCUT2D eigenvalue weighted by Gasteiger charge is 2.18. The quantitative estimate of drug-likeness (QED) is 0.737. The van der Waals surface area contributed by atoms with E-state index < -0.39 is 5.67 Å². The summed E-state index contributed by atoms with van der Waals surface area (Å²) in [5.74, 6) is 0. The van der Waals surface area contributed by atoms with Crippen LogP contribution in [0.1, 0.15) is 37.6 Å². The van der Waals surface area contributed by atoms with Crippen LogP contribution in [0, 0.1) is 6.92 Å². The minimum absolute atomic E-state index is 0.685. The highest BCUT2D eigenvalue weighted by Crippen LogP contribution is 2.29. The molecule has 0 N–H and O–H groups in total. The normalized spacial score (nSPS) is 12.1. The van der Waals surface area contributed by atoms with Crippen molar-refractivity contribution in [2.45, 2.75) is 33.4 Å². The average Bonchev–Trinajstić information content (AvgIpc) is 2.40. The Kier molecular flexibility index (Phi) is 4.03. The van der Waals surface area contributed by atoms with Gasteiger partial charge in [0.15, 0.2) is 0 Å². The molecule has 1 nitrogen and oxygen atoms in total. The lowest BCUT2D eigenvalue weighted by molar-refractivity contribution is 0.221. The van der Waals surface area contributed by atoms with Crippen molar-refractivity contribution in [2.24, 2.45) is 0 Å². The van der Waals surface area contributed by atoms with Crippen LogP contribution in [-0.2, 0) is 5.67 Å². The first-order chi connectivity index (χ1) is 9.41. The molecule has 0 atom stereocenters. The van der Waals surface area contributed by atoms with E-state index in [1.807, 2.05) is 56.5 Å². The number of aryl methyl sites for hydroxylation is 1. The van der Waals surface area contributed by atoms with E-state index in [9.17, 15) is 4.39 Å². The molecule has 2 aromatic rings. The van der Waals surface area contributed by atoms with Crippen LogP contribution in [0.5, 0.6) is 0 Å². The highest BCUT2D eigenvalue weighted by atomic mass is 19.1. The molecule has 1 aromatic heterocycles. The molecule has 0 aliphatic rings. The van der Waals surface area contributed by atoms with Gasteiger partial charge in [-0.15, -0.1) is 0 Å². The summed E-state index contributed by atoms with van der Waals surface area (Å²) in [6.45, 7) is 7.16. The number of hydrogen-bond acceptors (Lipinski definition) is 1. The summed E-state index contributed by atoms with van der Waals surface area (Å²) in [6.07, 6.45) is 5.80. The third kappa shape index (κ3) is 3.13. The van der Waals surface area contributed by atoms with Crippen molar-refractivity contribution in [3.8, 4) is 11.1 Å². The molecule has 104 valence electrons. The lowest BCUT2D eigenvalue weighted by Crippen LogP contribution is -2.08. The maximum atomic E-state index is 14.0. The van der Waals surface area contributed by atoms with Crippen LogP contribution < -0.4 is 0 Å². The van der Waals surface area contributed by atoms with E-state index in [4.69, 9.17) is 0 Å². The lowest BCUT2D eigenvalue weighted by atomic mass is 9.95. The zero-order valence-corrected chi connectivity index (χ0v) is 12.4.